The highest BCUT2D eigenvalue weighted by atomic mass is 16.2. The Kier molecular flexibility index (Phi) is 2.76. The van der Waals surface area contributed by atoms with Gasteiger partial charge in [0.2, 0.25) is 5.91 Å². The van der Waals surface area contributed by atoms with Gasteiger partial charge >= 0.3 is 0 Å². The lowest BCUT2D eigenvalue weighted by Gasteiger charge is -2.19. The summed E-state index contributed by atoms with van der Waals surface area (Å²) in [6.45, 7) is 5.65. The van der Waals surface area contributed by atoms with Crippen molar-refractivity contribution in [3.05, 3.63) is 35.4 Å². The predicted octanol–water partition coefficient (Wildman–Crippen LogP) is 2.57. The quantitative estimate of drug-likeness (QED) is 0.723. The van der Waals surface area contributed by atoms with E-state index in [1.807, 2.05) is 24.0 Å². The van der Waals surface area contributed by atoms with E-state index >= 15 is 0 Å². The van der Waals surface area contributed by atoms with Crippen LogP contribution in [0.3, 0.4) is 0 Å². The van der Waals surface area contributed by atoms with Gasteiger partial charge in [-0.3, -0.25) is 4.79 Å². The molecule has 0 saturated carbocycles. The molecule has 0 fully saturated rings. The fourth-order valence-electron chi connectivity index (χ4n) is 1.98. The summed E-state index contributed by atoms with van der Waals surface area (Å²) < 4.78 is 0. The minimum Gasteiger partial charge on any atom is -0.334 e. The average Bonchev–Trinajstić information content (AvgIpc) is 2.70. The van der Waals surface area contributed by atoms with Gasteiger partial charge in [0, 0.05) is 19.0 Å². The highest BCUT2D eigenvalue weighted by Gasteiger charge is 2.25. The maximum absolute atomic E-state index is 12.0. The lowest BCUT2D eigenvalue weighted by molar-refractivity contribution is -0.135. The van der Waals surface area contributed by atoms with Crippen LogP contribution in [0.5, 0.6) is 0 Å². The minimum absolute atomic E-state index is 0.152. The van der Waals surface area contributed by atoms with Gasteiger partial charge in [-0.05, 0) is 17.5 Å². The van der Waals surface area contributed by atoms with Gasteiger partial charge in [-0.2, -0.15) is 0 Å². The Hall–Kier alpha value is -1.31. The maximum Gasteiger partial charge on any atom is 0.225 e. The number of carbonyl (C=O) groups is 1. The van der Waals surface area contributed by atoms with Crippen molar-refractivity contribution in [2.75, 3.05) is 0 Å². The van der Waals surface area contributed by atoms with Crippen molar-refractivity contribution >= 4 is 5.91 Å². The Morgan fingerprint density at radius 2 is 1.87 bits per heavy atom. The van der Waals surface area contributed by atoms with Gasteiger partial charge < -0.3 is 4.90 Å². The topological polar surface area (TPSA) is 20.3 Å². The number of benzene rings is 1. The Bertz CT molecular complexity index is 348. The van der Waals surface area contributed by atoms with Gasteiger partial charge in [0.25, 0.3) is 0 Å². The number of rotatable bonds is 2. The van der Waals surface area contributed by atoms with Crippen LogP contribution in [0.25, 0.3) is 0 Å². The Morgan fingerprint density at radius 3 is 2.33 bits per heavy atom. The van der Waals surface area contributed by atoms with Crippen molar-refractivity contribution in [2.24, 2.45) is 5.92 Å². The summed E-state index contributed by atoms with van der Waals surface area (Å²) in [4.78, 5) is 13.9. The molecule has 1 heterocycles. The van der Waals surface area contributed by atoms with Crippen molar-refractivity contribution in [1.82, 2.24) is 4.90 Å². The van der Waals surface area contributed by atoms with Crippen molar-refractivity contribution in [3.8, 4) is 0 Å². The number of hydrogen-bond acceptors (Lipinski definition) is 1. The molecule has 1 atom stereocenters. The molecule has 0 spiro atoms. The zero-order valence-electron chi connectivity index (χ0n) is 9.36. The normalized spacial score (nSPS) is 16.3. The van der Waals surface area contributed by atoms with E-state index in [0.717, 1.165) is 19.5 Å². The number of carbonyl (C=O) groups excluding carboxylic acids is 1. The Balaban J connectivity index is 2.10. The van der Waals surface area contributed by atoms with E-state index in [0.29, 0.717) is 0 Å². The second-order valence-corrected chi connectivity index (χ2v) is 4.27. The Morgan fingerprint density at radius 1 is 1.33 bits per heavy atom. The number of nitrogens with zero attached hydrogens (tertiary/aromatic N) is 1. The molecule has 0 aliphatic carbocycles. The third-order valence-corrected chi connectivity index (χ3v) is 3.19. The zero-order valence-corrected chi connectivity index (χ0v) is 9.36. The summed E-state index contributed by atoms with van der Waals surface area (Å²) in [5.41, 5.74) is 2.60. The molecule has 80 valence electrons. The van der Waals surface area contributed by atoms with E-state index in [-0.39, 0.29) is 11.8 Å². The van der Waals surface area contributed by atoms with E-state index in [2.05, 4.69) is 19.1 Å². The maximum atomic E-state index is 12.0. The number of fused-ring (bicyclic) bond motifs is 1. The van der Waals surface area contributed by atoms with Crippen LogP contribution >= 0.6 is 0 Å². The number of hydrogen-bond donors (Lipinski definition) is 0. The first-order valence-electron chi connectivity index (χ1n) is 5.58. The molecule has 1 aliphatic heterocycles. The van der Waals surface area contributed by atoms with Crippen molar-refractivity contribution < 1.29 is 4.79 Å². The van der Waals surface area contributed by atoms with Gasteiger partial charge in [-0.25, -0.2) is 0 Å². The molecule has 0 radical (unpaired) electrons. The molecule has 2 heteroatoms. The van der Waals surface area contributed by atoms with E-state index in [1.165, 1.54) is 11.1 Å². The van der Waals surface area contributed by atoms with Gasteiger partial charge in [-0.1, -0.05) is 38.1 Å². The lowest BCUT2D eigenvalue weighted by Crippen LogP contribution is -2.30. The second kappa shape index (κ2) is 4.05. The minimum atomic E-state index is 0.152. The van der Waals surface area contributed by atoms with E-state index in [4.69, 9.17) is 0 Å². The molecule has 1 aliphatic rings. The molecule has 1 amide bonds. The first-order chi connectivity index (χ1) is 7.22. The van der Waals surface area contributed by atoms with E-state index in [9.17, 15) is 4.79 Å². The molecule has 0 bridgehead atoms. The van der Waals surface area contributed by atoms with Crippen LogP contribution in [0.2, 0.25) is 0 Å². The average molecular weight is 203 g/mol. The molecule has 1 aromatic carbocycles. The molecular weight excluding hydrogens is 186 g/mol. The van der Waals surface area contributed by atoms with Crippen molar-refractivity contribution in [2.45, 2.75) is 33.4 Å². The molecule has 0 aromatic heterocycles. The fourth-order valence-corrected chi connectivity index (χ4v) is 1.98. The standard InChI is InChI=1S/C13H17NO/c1-3-10(2)13(15)14-8-11-6-4-5-7-12(11)9-14/h4-7,10H,3,8-9H2,1-2H3. The summed E-state index contributed by atoms with van der Waals surface area (Å²) in [7, 11) is 0. The highest BCUT2D eigenvalue weighted by Crippen LogP contribution is 2.24. The molecule has 1 aromatic rings. The summed E-state index contributed by atoms with van der Waals surface area (Å²) in [5, 5.41) is 0. The fraction of sp³-hybridized carbons (Fsp3) is 0.462. The summed E-state index contributed by atoms with van der Waals surface area (Å²) in [5.74, 6) is 0.438. The van der Waals surface area contributed by atoms with Crippen molar-refractivity contribution in [1.29, 1.82) is 0 Å². The second-order valence-electron chi connectivity index (χ2n) is 4.27. The van der Waals surface area contributed by atoms with Crippen LogP contribution in [-0.2, 0) is 17.9 Å². The first kappa shape index (κ1) is 10.2. The SMILES string of the molecule is CCC(C)C(=O)N1Cc2ccccc2C1. The Labute approximate surface area is 90.9 Å². The zero-order chi connectivity index (χ0) is 10.8. The van der Waals surface area contributed by atoms with E-state index < -0.39 is 0 Å². The van der Waals surface area contributed by atoms with Gasteiger partial charge in [0.15, 0.2) is 0 Å². The molecule has 1 unspecified atom stereocenters. The summed E-state index contributed by atoms with van der Waals surface area (Å²) >= 11 is 0. The van der Waals surface area contributed by atoms with Crippen LogP contribution in [-0.4, -0.2) is 10.8 Å². The molecule has 2 nitrogen and oxygen atoms in total. The molecule has 2 rings (SSSR count). The number of amides is 1. The van der Waals surface area contributed by atoms with Gasteiger partial charge in [-0.15, -0.1) is 0 Å². The molecule has 0 saturated heterocycles. The largest absolute Gasteiger partial charge is 0.334 e. The third kappa shape index (κ3) is 1.89. The van der Waals surface area contributed by atoms with Crippen LogP contribution < -0.4 is 0 Å². The molecular formula is C13H17NO. The van der Waals surface area contributed by atoms with Crippen LogP contribution in [0.4, 0.5) is 0 Å². The molecule has 15 heavy (non-hydrogen) atoms. The van der Waals surface area contributed by atoms with Crippen LogP contribution in [0.1, 0.15) is 31.4 Å². The predicted molar refractivity (Wildman–Crippen MR) is 60.2 cm³/mol. The first-order valence-corrected chi connectivity index (χ1v) is 5.58. The summed E-state index contributed by atoms with van der Waals surface area (Å²) in [6.07, 6.45) is 0.922. The molecule has 0 N–H and O–H groups in total. The third-order valence-electron chi connectivity index (χ3n) is 3.19. The lowest BCUT2D eigenvalue weighted by atomic mass is 10.1. The smallest absolute Gasteiger partial charge is 0.225 e. The van der Waals surface area contributed by atoms with Gasteiger partial charge in [0.05, 0.1) is 0 Å². The highest BCUT2D eigenvalue weighted by molar-refractivity contribution is 5.79. The summed E-state index contributed by atoms with van der Waals surface area (Å²) in [6, 6.07) is 8.30. The van der Waals surface area contributed by atoms with E-state index in [1.54, 1.807) is 0 Å². The monoisotopic (exact) mass is 203 g/mol. The van der Waals surface area contributed by atoms with Crippen LogP contribution in [0, 0.1) is 5.92 Å². The van der Waals surface area contributed by atoms with Crippen molar-refractivity contribution in [3.63, 3.8) is 0 Å². The van der Waals surface area contributed by atoms with Crippen LogP contribution in [0.15, 0.2) is 24.3 Å². The van der Waals surface area contributed by atoms with Gasteiger partial charge in [0.1, 0.15) is 0 Å².